The molecule has 0 saturated carbocycles. The number of hydrogen-bond acceptors (Lipinski definition) is 7. The van der Waals surface area contributed by atoms with Crippen LogP contribution in [0.25, 0.3) is 0 Å². The molecule has 0 atom stereocenters. The number of aromatic nitrogens is 1. The zero-order chi connectivity index (χ0) is 26.3. The number of thiazole rings is 1. The van der Waals surface area contributed by atoms with Crippen LogP contribution in [0, 0.1) is 6.92 Å². The average molecular weight is 536 g/mol. The molecule has 1 aromatic heterocycles. The number of aryl methyl sites for hydroxylation is 1. The molecule has 9 heteroatoms. The van der Waals surface area contributed by atoms with Gasteiger partial charge >= 0.3 is 0 Å². The molecule has 1 heterocycles. The third-order valence-corrected chi connectivity index (χ3v) is 7.14. The van der Waals surface area contributed by atoms with Crippen LogP contribution in [-0.2, 0) is 34.3 Å². The molecule has 0 radical (unpaired) electrons. The Morgan fingerprint density at radius 1 is 0.919 bits per heavy atom. The quantitative estimate of drug-likeness (QED) is 0.264. The lowest BCUT2D eigenvalue weighted by molar-refractivity contribution is 0.0977. The Hall–Kier alpha value is -3.53. The summed E-state index contributed by atoms with van der Waals surface area (Å²) in [5, 5.41) is 0.610. The van der Waals surface area contributed by atoms with Gasteiger partial charge < -0.3 is 9.64 Å². The number of nitrogens with zero attached hydrogens (tertiary/aromatic N) is 2. The summed E-state index contributed by atoms with van der Waals surface area (Å²) in [5.74, 6) is -0.729. The van der Waals surface area contributed by atoms with Gasteiger partial charge in [0.1, 0.15) is 5.69 Å². The van der Waals surface area contributed by atoms with Crippen LogP contribution >= 0.6 is 11.3 Å². The molecule has 3 aromatic carbocycles. The molecular weight excluding hydrogens is 506 g/mol. The molecule has 4 aromatic rings. The van der Waals surface area contributed by atoms with Gasteiger partial charge in [0.05, 0.1) is 26.0 Å². The Labute approximate surface area is 221 Å². The maximum Gasteiger partial charge on any atom is 0.284 e. The van der Waals surface area contributed by atoms with Gasteiger partial charge in [-0.05, 0) is 42.2 Å². The van der Waals surface area contributed by atoms with Gasteiger partial charge in [-0.25, -0.2) is 18.1 Å². The molecule has 37 heavy (non-hydrogen) atoms. The van der Waals surface area contributed by atoms with Gasteiger partial charge in [0.15, 0.2) is 5.13 Å². The maximum atomic E-state index is 12.5. The zero-order valence-electron chi connectivity index (χ0n) is 20.8. The van der Waals surface area contributed by atoms with Crippen LogP contribution in [0.1, 0.15) is 32.1 Å². The van der Waals surface area contributed by atoms with Crippen molar-refractivity contribution in [3.05, 3.63) is 112 Å². The molecule has 0 aliphatic heterocycles. The number of carbonyl (C=O) groups is 1. The van der Waals surface area contributed by atoms with Gasteiger partial charge in [-0.2, -0.15) is 0 Å². The van der Waals surface area contributed by atoms with E-state index in [0.29, 0.717) is 29.8 Å². The van der Waals surface area contributed by atoms with E-state index in [0.717, 1.165) is 35.1 Å². The van der Waals surface area contributed by atoms with E-state index in [2.05, 4.69) is 17.1 Å². The number of carbonyl (C=O) groups excluding carboxylic acids is 1. The van der Waals surface area contributed by atoms with Gasteiger partial charge in [-0.3, -0.25) is 4.79 Å². The molecule has 0 spiro atoms. The van der Waals surface area contributed by atoms with E-state index < -0.39 is 15.9 Å². The van der Waals surface area contributed by atoms with Crippen molar-refractivity contribution in [2.75, 3.05) is 17.8 Å². The Balaban J connectivity index is 1.50. The molecule has 0 unspecified atom stereocenters. The van der Waals surface area contributed by atoms with Crippen LogP contribution in [0.2, 0.25) is 0 Å². The number of nitrogens with one attached hydrogen (secondary N) is 1. The monoisotopic (exact) mass is 535 g/mol. The number of ether oxygens (including phenoxy) is 1. The third-order valence-electron chi connectivity index (χ3n) is 5.59. The topological polar surface area (TPSA) is 88.6 Å². The van der Waals surface area contributed by atoms with Crippen molar-refractivity contribution in [2.24, 2.45) is 0 Å². The third kappa shape index (κ3) is 7.72. The second-order valence-corrected chi connectivity index (χ2v) is 11.6. The predicted molar refractivity (Wildman–Crippen MR) is 148 cm³/mol. The van der Waals surface area contributed by atoms with Gasteiger partial charge in [-0.15, -0.1) is 11.3 Å². The first kappa shape index (κ1) is 26.5. The predicted octanol–water partition coefficient (Wildman–Crippen LogP) is 5.24. The first-order valence-corrected chi connectivity index (χ1v) is 14.5. The van der Waals surface area contributed by atoms with Crippen molar-refractivity contribution in [3.63, 3.8) is 0 Å². The Kier molecular flexibility index (Phi) is 8.70. The van der Waals surface area contributed by atoms with Crippen LogP contribution in [0.3, 0.4) is 0 Å². The van der Waals surface area contributed by atoms with E-state index in [9.17, 15) is 13.2 Å². The van der Waals surface area contributed by atoms with Crippen LogP contribution in [0.4, 0.5) is 10.8 Å². The lowest BCUT2D eigenvalue weighted by Crippen LogP contribution is -2.30. The summed E-state index contributed by atoms with van der Waals surface area (Å²) < 4.78 is 30.9. The summed E-state index contributed by atoms with van der Waals surface area (Å²) >= 11 is 1.35. The summed E-state index contributed by atoms with van der Waals surface area (Å²) in [6, 6.07) is 28.3. The molecule has 4 rings (SSSR count). The number of rotatable bonds is 11. The molecule has 0 saturated heterocycles. The van der Waals surface area contributed by atoms with Crippen LogP contribution < -0.4 is 9.62 Å². The van der Waals surface area contributed by atoms with E-state index in [1.54, 1.807) is 6.92 Å². The molecule has 0 fully saturated rings. The number of hydrogen-bond donors (Lipinski definition) is 1. The van der Waals surface area contributed by atoms with Gasteiger partial charge in [0.25, 0.3) is 5.91 Å². The van der Waals surface area contributed by atoms with Crippen molar-refractivity contribution in [1.82, 2.24) is 9.71 Å². The lowest BCUT2D eigenvalue weighted by atomic mass is 10.1. The second-order valence-electron chi connectivity index (χ2n) is 8.63. The fourth-order valence-electron chi connectivity index (χ4n) is 3.76. The van der Waals surface area contributed by atoms with Gasteiger partial charge in [0.2, 0.25) is 10.0 Å². The van der Waals surface area contributed by atoms with E-state index in [1.165, 1.54) is 11.3 Å². The first-order valence-electron chi connectivity index (χ1n) is 11.8. The second kappa shape index (κ2) is 12.1. The van der Waals surface area contributed by atoms with Crippen LogP contribution in [0.15, 0.2) is 84.9 Å². The van der Waals surface area contributed by atoms with Crippen molar-refractivity contribution >= 4 is 38.1 Å². The highest BCUT2D eigenvalue weighted by Crippen LogP contribution is 2.33. The van der Waals surface area contributed by atoms with Crippen molar-refractivity contribution in [2.45, 2.75) is 26.5 Å². The average Bonchev–Trinajstić information content (AvgIpc) is 3.27. The normalized spacial score (nSPS) is 11.3. The first-order chi connectivity index (χ1) is 17.8. The zero-order valence-corrected chi connectivity index (χ0v) is 22.4. The SMILES string of the molecule is Cc1sc(N(Cc2ccccc2)c2ccc(CCOCc3ccccc3)cc2)nc1C(=O)NS(C)(=O)=O. The number of benzene rings is 3. The number of amides is 1. The highest BCUT2D eigenvalue weighted by molar-refractivity contribution is 7.89. The molecule has 0 aliphatic carbocycles. The Morgan fingerprint density at radius 2 is 1.54 bits per heavy atom. The molecule has 1 amide bonds. The van der Waals surface area contributed by atoms with E-state index in [1.807, 2.05) is 82.4 Å². The minimum absolute atomic E-state index is 0.107. The molecule has 192 valence electrons. The van der Waals surface area contributed by atoms with Crippen LogP contribution in [-0.4, -0.2) is 32.2 Å². The fourth-order valence-corrected chi connectivity index (χ4v) is 5.12. The molecule has 1 N–H and O–H groups in total. The standard InChI is InChI=1S/C28H29N3O4S2/c1-21-26(27(32)30-37(2,33)34)29-28(36-21)31(19-23-9-5-3-6-10-23)25-15-13-22(14-16-25)17-18-35-20-24-11-7-4-8-12-24/h3-16H,17-20H2,1-2H3,(H,30,32). The highest BCUT2D eigenvalue weighted by atomic mass is 32.2. The van der Waals surface area contributed by atoms with Gasteiger partial charge in [-0.1, -0.05) is 72.8 Å². The summed E-state index contributed by atoms with van der Waals surface area (Å²) in [4.78, 5) is 19.7. The minimum atomic E-state index is -3.69. The minimum Gasteiger partial charge on any atom is -0.376 e. The van der Waals surface area contributed by atoms with Crippen molar-refractivity contribution in [1.29, 1.82) is 0 Å². The molecule has 7 nitrogen and oxygen atoms in total. The summed E-state index contributed by atoms with van der Waals surface area (Å²) in [6.45, 7) is 3.51. The Morgan fingerprint density at radius 3 is 2.16 bits per heavy atom. The summed E-state index contributed by atoms with van der Waals surface area (Å²) in [7, 11) is -3.69. The van der Waals surface area contributed by atoms with Crippen molar-refractivity contribution < 1.29 is 17.9 Å². The summed E-state index contributed by atoms with van der Waals surface area (Å²) in [6.07, 6.45) is 1.74. The largest absolute Gasteiger partial charge is 0.376 e. The van der Waals surface area contributed by atoms with Crippen molar-refractivity contribution in [3.8, 4) is 0 Å². The van der Waals surface area contributed by atoms with E-state index >= 15 is 0 Å². The summed E-state index contributed by atoms with van der Waals surface area (Å²) in [5.41, 5.74) is 4.41. The van der Waals surface area contributed by atoms with Crippen LogP contribution in [0.5, 0.6) is 0 Å². The van der Waals surface area contributed by atoms with E-state index in [-0.39, 0.29) is 5.69 Å². The smallest absolute Gasteiger partial charge is 0.284 e. The number of anilines is 2. The Bertz CT molecular complexity index is 1420. The van der Waals surface area contributed by atoms with Gasteiger partial charge in [0, 0.05) is 10.6 Å². The maximum absolute atomic E-state index is 12.5. The molecular formula is C28H29N3O4S2. The fraction of sp³-hybridized carbons (Fsp3) is 0.214. The molecule has 0 bridgehead atoms. The number of sulfonamides is 1. The lowest BCUT2D eigenvalue weighted by Gasteiger charge is -2.22. The molecule has 0 aliphatic rings. The van der Waals surface area contributed by atoms with E-state index in [4.69, 9.17) is 4.74 Å². The highest BCUT2D eigenvalue weighted by Gasteiger charge is 2.22.